The van der Waals surface area contributed by atoms with Crippen LogP contribution in [0.1, 0.15) is 79.1 Å². The van der Waals surface area contributed by atoms with Crippen molar-refractivity contribution >= 4 is 17.8 Å². The summed E-state index contributed by atoms with van der Waals surface area (Å²) in [6.07, 6.45) is 3.99. The fourth-order valence-corrected chi connectivity index (χ4v) is 5.85. The number of aromatic carboxylic acids is 1. The van der Waals surface area contributed by atoms with Crippen LogP contribution in [-0.4, -0.2) is 48.8 Å². The molecule has 46 heavy (non-hydrogen) atoms. The Labute approximate surface area is 271 Å². The average molecular weight is 632 g/mol. The first-order valence-corrected chi connectivity index (χ1v) is 16.0. The molecule has 0 saturated heterocycles. The third-order valence-electron chi connectivity index (χ3n) is 8.13. The number of carbonyl (C=O) groups is 3. The summed E-state index contributed by atoms with van der Waals surface area (Å²) in [6.45, 7) is 6.74. The van der Waals surface area contributed by atoms with Crippen molar-refractivity contribution in [2.75, 3.05) is 13.7 Å². The molecule has 0 bridgehead atoms. The Morgan fingerprint density at radius 2 is 1.59 bits per heavy atom. The van der Waals surface area contributed by atoms with Gasteiger partial charge in [-0.2, -0.15) is 0 Å². The van der Waals surface area contributed by atoms with E-state index in [-0.39, 0.29) is 41.9 Å². The van der Waals surface area contributed by atoms with Crippen LogP contribution >= 0.6 is 0 Å². The van der Waals surface area contributed by atoms with E-state index in [1.807, 2.05) is 69.3 Å². The molecular weight excluding hydrogens is 586 g/mol. The van der Waals surface area contributed by atoms with Crippen LogP contribution in [0.3, 0.4) is 0 Å². The molecular formula is C37H45NO8. The zero-order chi connectivity index (χ0) is 33.1. The number of aryl methyl sites for hydroxylation is 1. The predicted octanol–water partition coefficient (Wildman–Crippen LogP) is 6.33. The molecule has 3 aromatic rings. The Kier molecular flexibility index (Phi) is 12.5. The first kappa shape index (κ1) is 34.3. The molecule has 0 radical (unpaired) electrons. The van der Waals surface area contributed by atoms with Gasteiger partial charge >= 0.3 is 11.9 Å². The molecule has 9 nitrogen and oxygen atoms in total. The van der Waals surface area contributed by atoms with E-state index in [1.165, 1.54) is 7.11 Å². The molecule has 1 saturated carbocycles. The van der Waals surface area contributed by atoms with Crippen molar-refractivity contribution in [3.05, 3.63) is 88.5 Å². The van der Waals surface area contributed by atoms with Crippen LogP contribution in [0.4, 0.5) is 0 Å². The number of amides is 1. The maximum Gasteiger partial charge on any atom is 0.335 e. The van der Waals surface area contributed by atoms with E-state index in [0.29, 0.717) is 55.8 Å². The van der Waals surface area contributed by atoms with Crippen molar-refractivity contribution < 1.29 is 38.4 Å². The Hall–Kier alpha value is -4.53. The zero-order valence-electron chi connectivity index (χ0n) is 27.2. The highest BCUT2D eigenvalue weighted by molar-refractivity contribution is 5.91. The Morgan fingerprint density at radius 3 is 2.24 bits per heavy atom. The molecule has 1 amide bonds. The summed E-state index contributed by atoms with van der Waals surface area (Å²) in [4.78, 5) is 36.9. The quantitative estimate of drug-likeness (QED) is 0.139. The molecule has 4 rings (SSSR count). The minimum atomic E-state index is -1.04. The molecule has 2 atom stereocenters. The largest absolute Gasteiger partial charge is 0.493 e. The van der Waals surface area contributed by atoms with Gasteiger partial charge in [-0.15, -0.1) is 0 Å². The van der Waals surface area contributed by atoms with E-state index in [9.17, 15) is 19.5 Å². The first-order chi connectivity index (χ1) is 22.2. The van der Waals surface area contributed by atoms with Crippen LogP contribution in [0.5, 0.6) is 17.2 Å². The number of esters is 1. The number of rotatable bonds is 16. The number of hydrogen-bond donors (Lipinski definition) is 2. The highest BCUT2D eigenvalue weighted by Gasteiger charge is 2.31. The van der Waals surface area contributed by atoms with Crippen molar-refractivity contribution in [1.29, 1.82) is 0 Å². The highest BCUT2D eigenvalue weighted by Crippen LogP contribution is 2.30. The minimum Gasteiger partial charge on any atom is -0.493 e. The molecule has 0 heterocycles. The van der Waals surface area contributed by atoms with Crippen LogP contribution in [0.15, 0.2) is 60.7 Å². The van der Waals surface area contributed by atoms with Gasteiger partial charge in [0.1, 0.15) is 23.9 Å². The summed E-state index contributed by atoms with van der Waals surface area (Å²) in [7, 11) is 1.37. The summed E-state index contributed by atoms with van der Waals surface area (Å²) < 4.78 is 22.6. The van der Waals surface area contributed by atoms with E-state index in [2.05, 4.69) is 5.32 Å². The van der Waals surface area contributed by atoms with Crippen LogP contribution in [0.2, 0.25) is 0 Å². The van der Waals surface area contributed by atoms with E-state index in [1.54, 1.807) is 12.1 Å². The third-order valence-corrected chi connectivity index (χ3v) is 8.13. The Bertz CT molecular complexity index is 1470. The monoisotopic (exact) mass is 631 g/mol. The summed E-state index contributed by atoms with van der Waals surface area (Å²) in [6, 6.07) is 19.0. The van der Waals surface area contributed by atoms with Crippen molar-refractivity contribution in [2.45, 2.75) is 84.5 Å². The number of hydrogen-bond acceptors (Lipinski definition) is 7. The number of methoxy groups -OCH3 is 1. The molecule has 3 aromatic carbocycles. The second kappa shape index (κ2) is 16.7. The second-order valence-electron chi connectivity index (χ2n) is 11.9. The standard InChI is InChI=1S/C37H45NO8/c1-5-31-32(36(40)41)18-19-34(33(31)22-35(39)38-28-13-12-27(21-28)37(42)43-4)44-20-6-7-25-8-14-29(15-9-25)45-23-26-10-16-30(17-11-26)46-24(2)3/h8-11,14-19,24,27-28H,5-7,12-13,20-23H2,1-4H3,(H,38,39)(H,40,41)/t27-,28+/m1/s1. The minimum absolute atomic E-state index is 0.00362. The number of carboxylic acid groups (broad SMARTS) is 1. The highest BCUT2D eigenvalue weighted by atomic mass is 16.5. The molecule has 1 aliphatic carbocycles. The van der Waals surface area contributed by atoms with Gasteiger partial charge in [0.05, 0.1) is 37.7 Å². The summed E-state index contributed by atoms with van der Waals surface area (Å²) in [5, 5.41) is 12.8. The fraction of sp³-hybridized carbons (Fsp3) is 0.432. The van der Waals surface area contributed by atoms with E-state index >= 15 is 0 Å². The van der Waals surface area contributed by atoms with Crippen LogP contribution in [0.25, 0.3) is 0 Å². The van der Waals surface area contributed by atoms with Crippen LogP contribution in [0, 0.1) is 5.92 Å². The van der Waals surface area contributed by atoms with Gasteiger partial charge in [-0.3, -0.25) is 9.59 Å². The van der Waals surface area contributed by atoms with Gasteiger partial charge in [0.25, 0.3) is 0 Å². The molecule has 0 aliphatic heterocycles. The molecule has 0 spiro atoms. The molecule has 9 heteroatoms. The third kappa shape index (κ3) is 9.73. The van der Waals surface area contributed by atoms with E-state index < -0.39 is 5.97 Å². The summed E-state index contributed by atoms with van der Waals surface area (Å²) in [5.41, 5.74) is 3.55. The van der Waals surface area contributed by atoms with Crippen molar-refractivity contribution in [3.8, 4) is 17.2 Å². The normalized spacial score (nSPS) is 15.8. The molecule has 0 aromatic heterocycles. The summed E-state index contributed by atoms with van der Waals surface area (Å²) >= 11 is 0. The predicted molar refractivity (Wildman–Crippen MR) is 175 cm³/mol. The lowest BCUT2D eigenvalue weighted by atomic mass is 9.95. The van der Waals surface area contributed by atoms with Crippen molar-refractivity contribution in [2.24, 2.45) is 5.92 Å². The fourth-order valence-electron chi connectivity index (χ4n) is 5.85. The van der Waals surface area contributed by atoms with E-state index in [0.717, 1.165) is 35.5 Å². The Balaban J connectivity index is 1.30. The number of ether oxygens (including phenoxy) is 4. The van der Waals surface area contributed by atoms with Crippen molar-refractivity contribution in [3.63, 3.8) is 0 Å². The van der Waals surface area contributed by atoms with Crippen LogP contribution < -0.4 is 19.5 Å². The topological polar surface area (TPSA) is 120 Å². The number of carboxylic acids is 1. The maximum absolute atomic E-state index is 13.1. The molecule has 1 aliphatic rings. The maximum atomic E-state index is 13.1. The Morgan fingerprint density at radius 1 is 0.891 bits per heavy atom. The smallest absolute Gasteiger partial charge is 0.335 e. The molecule has 2 N–H and O–H groups in total. The zero-order valence-corrected chi connectivity index (χ0v) is 27.2. The number of carbonyl (C=O) groups excluding carboxylic acids is 2. The molecule has 1 fully saturated rings. The van der Waals surface area contributed by atoms with Gasteiger partial charge < -0.3 is 29.4 Å². The number of nitrogens with one attached hydrogen (secondary N) is 1. The van der Waals surface area contributed by atoms with Gasteiger partial charge in [0.15, 0.2) is 0 Å². The van der Waals surface area contributed by atoms with Crippen molar-refractivity contribution in [1.82, 2.24) is 5.32 Å². The average Bonchev–Trinajstić information content (AvgIpc) is 3.51. The van der Waals surface area contributed by atoms with Crippen LogP contribution in [-0.2, 0) is 40.2 Å². The molecule has 246 valence electrons. The lowest BCUT2D eigenvalue weighted by Gasteiger charge is -2.19. The first-order valence-electron chi connectivity index (χ1n) is 16.0. The van der Waals surface area contributed by atoms with Gasteiger partial charge in [0, 0.05) is 11.6 Å². The van der Waals surface area contributed by atoms with Gasteiger partial charge in [-0.05, 0) is 105 Å². The summed E-state index contributed by atoms with van der Waals surface area (Å²) in [5.74, 6) is 0.410. The van der Waals surface area contributed by atoms with Gasteiger partial charge in [-0.1, -0.05) is 31.2 Å². The lowest BCUT2D eigenvalue weighted by molar-refractivity contribution is -0.145. The molecule has 0 unspecified atom stereocenters. The lowest BCUT2D eigenvalue weighted by Crippen LogP contribution is -2.35. The SMILES string of the molecule is CCc1c(C(=O)O)ccc(OCCCc2ccc(OCc3ccc(OC(C)C)cc3)cc2)c1CC(=O)N[C@H]1CC[C@@H](C(=O)OC)C1. The van der Waals surface area contributed by atoms with Gasteiger partial charge in [0.2, 0.25) is 5.91 Å². The van der Waals surface area contributed by atoms with E-state index in [4.69, 9.17) is 18.9 Å². The second-order valence-corrected chi connectivity index (χ2v) is 11.9. The number of benzene rings is 3. The van der Waals surface area contributed by atoms with Gasteiger partial charge in [-0.25, -0.2) is 4.79 Å².